The standard InChI is InChI=1S/C57H59N3O/c1-35-25-36(2)27-41(26-35)40-23-24-58-49(32-40)43-29-42(30-44(31-43)55(4,5)6)46-19-16-20-51-52(46)59-54(47-33-45(56(7,8)9)34-48(53(47)61)57(10,11)12)60(51)50-22-21-39(28-37(50)3)38-17-14-13-15-18-38/h13-34,61H,1-12H3/i3D3,7D3,8D3,9D3,10D3,11D3,12D3. The van der Waals surface area contributed by atoms with E-state index in [-0.39, 0.29) is 28.4 Å². The number of nitrogens with zero attached hydrogens (tertiary/aromatic N) is 3. The van der Waals surface area contributed by atoms with E-state index in [4.69, 9.17) is 38.8 Å². The average Bonchev–Trinajstić information content (AvgIpc) is 0.832. The van der Waals surface area contributed by atoms with Gasteiger partial charge in [0.1, 0.15) is 11.6 Å². The molecule has 1 N–H and O–H groups in total. The lowest BCUT2D eigenvalue weighted by Crippen LogP contribution is -2.17. The van der Waals surface area contributed by atoms with Crippen LogP contribution in [0, 0.1) is 20.7 Å². The molecule has 6 aromatic carbocycles. The van der Waals surface area contributed by atoms with Gasteiger partial charge in [0, 0.05) is 51.7 Å². The first-order valence-electron chi connectivity index (χ1n) is 30.3. The molecule has 4 heteroatoms. The van der Waals surface area contributed by atoms with Crippen molar-refractivity contribution in [1.82, 2.24) is 14.5 Å². The Morgan fingerprint density at radius 3 is 1.97 bits per heavy atom. The quantitative estimate of drug-likeness (QED) is 0.182. The molecule has 0 saturated heterocycles. The van der Waals surface area contributed by atoms with Crippen LogP contribution in [0.5, 0.6) is 5.75 Å². The molecule has 308 valence electrons. The summed E-state index contributed by atoms with van der Waals surface area (Å²) in [6.07, 6.45) is 1.69. The number of phenolic OH excluding ortho intramolecular Hbond substituents is 1. The van der Waals surface area contributed by atoms with E-state index in [0.29, 0.717) is 39.6 Å². The average molecular weight is 823 g/mol. The molecule has 8 rings (SSSR count). The molecule has 8 aromatic rings. The van der Waals surface area contributed by atoms with Crippen molar-refractivity contribution in [2.24, 2.45) is 0 Å². The first-order valence-corrected chi connectivity index (χ1v) is 19.8. The number of rotatable bonds is 6. The second-order valence-corrected chi connectivity index (χ2v) is 16.8. The second-order valence-electron chi connectivity index (χ2n) is 16.8. The van der Waals surface area contributed by atoms with Gasteiger partial charge < -0.3 is 5.11 Å². The van der Waals surface area contributed by atoms with Gasteiger partial charge in [-0.25, -0.2) is 4.98 Å². The third kappa shape index (κ3) is 8.16. The molecule has 0 atom stereocenters. The summed E-state index contributed by atoms with van der Waals surface area (Å²) in [6.45, 7) is -17.9. The van der Waals surface area contributed by atoms with Crippen LogP contribution < -0.4 is 0 Å². The van der Waals surface area contributed by atoms with Crippen molar-refractivity contribution in [3.8, 4) is 67.5 Å². The van der Waals surface area contributed by atoms with E-state index in [9.17, 15) is 5.11 Å². The number of benzene rings is 6. The number of aromatic nitrogens is 3. The lowest BCUT2D eigenvalue weighted by molar-refractivity contribution is 0.446. The van der Waals surface area contributed by atoms with Crippen LogP contribution in [0.2, 0.25) is 0 Å². The van der Waals surface area contributed by atoms with E-state index in [0.717, 1.165) is 27.8 Å². The molecule has 0 saturated carbocycles. The predicted octanol–water partition coefficient (Wildman–Crippen LogP) is 15.3. The lowest BCUT2D eigenvalue weighted by Gasteiger charge is -2.27. The van der Waals surface area contributed by atoms with Crippen LogP contribution in [0.1, 0.15) is 124 Å². The highest BCUT2D eigenvalue weighted by atomic mass is 16.3. The fraction of sp³-hybridized carbons (Fsp3) is 0.263. The van der Waals surface area contributed by atoms with Crippen LogP contribution in [0.25, 0.3) is 72.7 Å². The maximum absolute atomic E-state index is 13.0. The van der Waals surface area contributed by atoms with Crippen molar-refractivity contribution in [1.29, 1.82) is 0 Å². The maximum Gasteiger partial charge on any atom is 0.149 e. The van der Waals surface area contributed by atoms with Gasteiger partial charge in [0.05, 0.1) is 28.0 Å². The molecule has 0 unspecified atom stereocenters. The molecule has 0 aliphatic carbocycles. The maximum atomic E-state index is 13.0. The van der Waals surface area contributed by atoms with Gasteiger partial charge in [-0.1, -0.05) is 152 Å². The number of pyridine rings is 1. The summed E-state index contributed by atoms with van der Waals surface area (Å²) in [5.41, 5.74) is -5.26. The largest absolute Gasteiger partial charge is 0.507 e. The Labute approximate surface area is 392 Å². The molecular weight excluding hydrogens is 743 g/mol. The Morgan fingerprint density at radius 2 is 1.26 bits per heavy atom. The Hall–Kier alpha value is -6.26. The zero-order chi connectivity index (χ0) is 61.1. The fourth-order valence-electron chi connectivity index (χ4n) is 7.88. The Balaban J connectivity index is 1.60. The monoisotopic (exact) mass is 823 g/mol. The van der Waals surface area contributed by atoms with Gasteiger partial charge in [-0.15, -0.1) is 0 Å². The summed E-state index contributed by atoms with van der Waals surface area (Å²) in [6, 6.07) is 34.5. The van der Waals surface area contributed by atoms with E-state index in [1.165, 1.54) is 22.8 Å². The molecule has 4 nitrogen and oxygen atoms in total. The predicted molar refractivity (Wildman–Crippen MR) is 258 cm³/mol. The topological polar surface area (TPSA) is 50.9 Å². The SMILES string of the molecule is [2H]C([2H])([2H])c1cc(-c2ccccc2)ccc1-n1c(-c2cc(C(C([2H])([2H])[2H])(C([2H])([2H])[2H])C([2H])([2H])[2H])cc(C(C([2H])([2H])[2H])(C([2H])([2H])[2H])C([2H])([2H])[2H])c2O)nc2c(-c3cc(-c4cc(-c5cc(C)cc(C)c5)ccn4)cc(C(C)(C)C)c3)cccc21. The first-order chi connectivity index (χ1) is 37.5. The van der Waals surface area contributed by atoms with Crippen LogP contribution in [-0.2, 0) is 16.2 Å². The Morgan fingerprint density at radius 1 is 0.557 bits per heavy atom. The van der Waals surface area contributed by atoms with Crippen molar-refractivity contribution in [3.63, 3.8) is 0 Å². The zero-order valence-corrected chi connectivity index (χ0v) is 34.5. The molecule has 0 spiro atoms. The molecular formula is C57H59N3O. The van der Waals surface area contributed by atoms with Gasteiger partial charge in [-0.05, 0) is 130 Å². The van der Waals surface area contributed by atoms with Crippen LogP contribution in [0.3, 0.4) is 0 Å². The molecule has 0 fully saturated rings. The van der Waals surface area contributed by atoms with Gasteiger partial charge in [0.2, 0.25) is 0 Å². The van der Waals surface area contributed by atoms with Gasteiger partial charge >= 0.3 is 0 Å². The summed E-state index contributed by atoms with van der Waals surface area (Å²) in [4.78, 5) is 9.83. The summed E-state index contributed by atoms with van der Waals surface area (Å²) in [7, 11) is 0. The van der Waals surface area contributed by atoms with Crippen molar-refractivity contribution in [2.45, 2.75) is 98.8 Å². The minimum Gasteiger partial charge on any atom is -0.507 e. The van der Waals surface area contributed by atoms with Crippen LogP contribution >= 0.6 is 0 Å². The number of imidazole rings is 1. The number of aromatic hydroxyl groups is 1. The molecule has 61 heavy (non-hydrogen) atoms. The Kier molecular flexibility index (Phi) is 5.80. The normalized spacial score (nSPS) is 18.9. The van der Waals surface area contributed by atoms with Gasteiger partial charge in [-0.2, -0.15) is 0 Å². The third-order valence-corrected chi connectivity index (χ3v) is 10.9. The molecule has 0 aliphatic rings. The minimum atomic E-state index is -4.22. The fourth-order valence-corrected chi connectivity index (χ4v) is 7.88. The van der Waals surface area contributed by atoms with E-state index >= 15 is 0 Å². The summed E-state index contributed by atoms with van der Waals surface area (Å²) >= 11 is 0. The smallest absolute Gasteiger partial charge is 0.149 e. The molecule has 0 aliphatic heterocycles. The number of phenols is 1. The highest BCUT2D eigenvalue weighted by molar-refractivity contribution is 5.97. The van der Waals surface area contributed by atoms with Crippen molar-refractivity contribution in [2.75, 3.05) is 0 Å². The molecule has 2 aromatic heterocycles. The van der Waals surface area contributed by atoms with Crippen LogP contribution in [0.15, 0.2) is 134 Å². The zero-order valence-electron chi connectivity index (χ0n) is 55.5. The van der Waals surface area contributed by atoms with E-state index in [1.54, 1.807) is 54.7 Å². The summed E-state index contributed by atoms with van der Waals surface area (Å²) in [5, 5.41) is 13.0. The number of para-hydroxylation sites is 1. The van der Waals surface area contributed by atoms with Crippen molar-refractivity contribution in [3.05, 3.63) is 167 Å². The second kappa shape index (κ2) is 15.3. The van der Waals surface area contributed by atoms with E-state index in [1.807, 2.05) is 65.0 Å². The number of fused-ring (bicyclic) bond motifs is 1. The number of hydrogen-bond donors (Lipinski definition) is 1. The molecule has 0 bridgehead atoms. The van der Waals surface area contributed by atoms with Crippen LogP contribution in [-0.4, -0.2) is 19.6 Å². The summed E-state index contributed by atoms with van der Waals surface area (Å²) in [5.74, 6) is -2.12. The van der Waals surface area contributed by atoms with Gasteiger partial charge in [0.25, 0.3) is 0 Å². The lowest BCUT2D eigenvalue weighted by atomic mass is 9.79. The highest BCUT2D eigenvalue weighted by Gasteiger charge is 2.29. The minimum absolute atomic E-state index is 0.0175. The number of aryl methyl sites for hydroxylation is 3. The summed E-state index contributed by atoms with van der Waals surface area (Å²) < 4.78 is 185. The van der Waals surface area contributed by atoms with E-state index < -0.39 is 92.5 Å². The van der Waals surface area contributed by atoms with Crippen LogP contribution in [0.4, 0.5) is 0 Å². The molecule has 0 radical (unpaired) electrons. The van der Waals surface area contributed by atoms with Crippen molar-refractivity contribution < 1.29 is 33.9 Å². The van der Waals surface area contributed by atoms with Gasteiger partial charge in [-0.3, -0.25) is 9.55 Å². The van der Waals surface area contributed by atoms with Crippen molar-refractivity contribution >= 4 is 11.0 Å². The molecule has 0 amide bonds. The highest BCUT2D eigenvalue weighted by Crippen LogP contribution is 2.45. The van der Waals surface area contributed by atoms with Gasteiger partial charge in [0.15, 0.2) is 0 Å². The number of hydrogen-bond acceptors (Lipinski definition) is 3. The first kappa shape index (κ1) is 23.1. The third-order valence-electron chi connectivity index (χ3n) is 10.9. The molecule has 2 heterocycles. The van der Waals surface area contributed by atoms with E-state index in [2.05, 4.69) is 18.2 Å². The Bertz CT molecular complexity index is 3650.